The number of hydrogen-bond acceptors (Lipinski definition) is 10. The standard InChI is InChI=1S/C39H36N4O6/c1-5-38(44)48-23-7-6-22-47-35-19-14-32(15-20-35)39(45)49-36-21-16-33(24-37(36)46-4)28(3)43-42-27(2)31-12-17-34(18-13-31)41-26-30-10-8-29(25-40)9-11-30/h5,8-21,24,26H,1,6-7,22-23H2,2-4H3/b41-26?,42-27+,43-28+. The number of nitriles is 1. The first-order valence-corrected chi connectivity index (χ1v) is 15.5. The second kappa shape index (κ2) is 18.1. The first-order valence-electron chi connectivity index (χ1n) is 15.5. The van der Waals surface area contributed by atoms with E-state index in [1.165, 1.54) is 7.11 Å². The number of ether oxygens (including phenoxy) is 4. The normalized spacial score (nSPS) is 11.5. The summed E-state index contributed by atoms with van der Waals surface area (Å²) in [6.45, 7) is 7.81. The van der Waals surface area contributed by atoms with Gasteiger partial charge in [-0.2, -0.15) is 15.5 Å². The van der Waals surface area contributed by atoms with Crippen LogP contribution in [-0.4, -0.2) is 49.9 Å². The number of methoxy groups -OCH3 is 1. The maximum Gasteiger partial charge on any atom is 0.343 e. The lowest BCUT2D eigenvalue weighted by atomic mass is 10.1. The van der Waals surface area contributed by atoms with Gasteiger partial charge in [0.1, 0.15) is 5.75 Å². The number of esters is 2. The molecule has 0 radical (unpaired) electrons. The molecule has 10 nitrogen and oxygen atoms in total. The zero-order chi connectivity index (χ0) is 35.0. The third-order valence-electron chi connectivity index (χ3n) is 7.13. The van der Waals surface area contributed by atoms with Crippen LogP contribution in [0.4, 0.5) is 5.69 Å². The van der Waals surface area contributed by atoms with Gasteiger partial charge in [-0.15, -0.1) is 0 Å². The van der Waals surface area contributed by atoms with E-state index in [9.17, 15) is 9.59 Å². The second-order valence-corrected chi connectivity index (χ2v) is 10.6. The Morgan fingerprint density at radius 1 is 0.796 bits per heavy atom. The molecular weight excluding hydrogens is 620 g/mol. The lowest BCUT2D eigenvalue weighted by Gasteiger charge is -2.11. The van der Waals surface area contributed by atoms with Gasteiger partial charge in [-0.25, -0.2) is 9.59 Å². The van der Waals surface area contributed by atoms with E-state index in [4.69, 9.17) is 24.2 Å². The third kappa shape index (κ3) is 10.9. The minimum atomic E-state index is -0.543. The minimum Gasteiger partial charge on any atom is -0.494 e. The fraction of sp³-hybridized carbons (Fsp3) is 0.179. The highest BCUT2D eigenvalue weighted by Gasteiger charge is 2.14. The predicted octanol–water partition coefficient (Wildman–Crippen LogP) is 7.66. The molecule has 4 aromatic carbocycles. The summed E-state index contributed by atoms with van der Waals surface area (Å²) in [7, 11) is 1.50. The van der Waals surface area contributed by atoms with Crippen LogP contribution in [0.15, 0.2) is 119 Å². The van der Waals surface area contributed by atoms with Gasteiger partial charge in [0, 0.05) is 17.9 Å². The topological polar surface area (TPSA) is 132 Å². The van der Waals surface area contributed by atoms with Crippen LogP contribution in [-0.2, 0) is 9.53 Å². The van der Waals surface area contributed by atoms with Gasteiger partial charge in [-0.1, -0.05) is 30.8 Å². The summed E-state index contributed by atoms with van der Waals surface area (Å²) >= 11 is 0. The SMILES string of the molecule is C=CC(=O)OCCCCOc1ccc(C(=O)Oc2ccc(/C(C)=N/N=C(\C)c3ccc(N=Cc4ccc(C#N)cc4)cc3)cc2OC)cc1. The molecule has 0 amide bonds. The Bertz CT molecular complexity index is 1890. The molecule has 0 aliphatic carbocycles. The summed E-state index contributed by atoms with van der Waals surface area (Å²) in [6.07, 6.45) is 4.25. The maximum absolute atomic E-state index is 12.9. The molecule has 0 bridgehead atoms. The Balaban J connectivity index is 1.31. The predicted molar refractivity (Wildman–Crippen MR) is 190 cm³/mol. The van der Waals surface area contributed by atoms with Gasteiger partial charge in [0.25, 0.3) is 0 Å². The van der Waals surface area contributed by atoms with E-state index in [1.54, 1.807) is 60.8 Å². The minimum absolute atomic E-state index is 0.267. The summed E-state index contributed by atoms with van der Waals surface area (Å²) in [5, 5.41) is 17.8. The van der Waals surface area contributed by atoms with E-state index in [2.05, 4.69) is 27.8 Å². The van der Waals surface area contributed by atoms with Crippen LogP contribution in [0.25, 0.3) is 0 Å². The number of benzene rings is 4. The number of nitrogens with zero attached hydrogens (tertiary/aromatic N) is 4. The molecule has 10 heteroatoms. The van der Waals surface area contributed by atoms with E-state index in [0.717, 1.165) is 34.2 Å². The van der Waals surface area contributed by atoms with Crippen molar-refractivity contribution < 1.29 is 28.5 Å². The van der Waals surface area contributed by atoms with Gasteiger partial charge >= 0.3 is 11.9 Å². The zero-order valence-corrected chi connectivity index (χ0v) is 27.6. The number of aliphatic imine (C=N–C) groups is 1. The van der Waals surface area contributed by atoms with Crippen LogP contribution < -0.4 is 14.2 Å². The van der Waals surface area contributed by atoms with Crippen molar-refractivity contribution in [2.24, 2.45) is 15.2 Å². The lowest BCUT2D eigenvalue weighted by molar-refractivity contribution is -0.137. The molecule has 0 saturated heterocycles. The smallest absolute Gasteiger partial charge is 0.343 e. The zero-order valence-electron chi connectivity index (χ0n) is 27.6. The van der Waals surface area contributed by atoms with Crippen LogP contribution in [0.5, 0.6) is 17.2 Å². The van der Waals surface area contributed by atoms with Gasteiger partial charge in [0.05, 0.1) is 54.6 Å². The van der Waals surface area contributed by atoms with E-state index >= 15 is 0 Å². The largest absolute Gasteiger partial charge is 0.494 e. The quantitative estimate of drug-likeness (QED) is 0.0320. The molecule has 0 N–H and O–H groups in total. The molecule has 0 heterocycles. The molecule has 0 spiro atoms. The molecule has 4 aromatic rings. The van der Waals surface area contributed by atoms with Crippen molar-refractivity contribution in [1.82, 2.24) is 0 Å². The number of unbranched alkanes of at least 4 members (excludes halogenated alkanes) is 1. The lowest BCUT2D eigenvalue weighted by Crippen LogP contribution is -2.10. The second-order valence-electron chi connectivity index (χ2n) is 10.6. The Morgan fingerprint density at radius 2 is 1.43 bits per heavy atom. The molecule has 0 aliphatic heterocycles. The number of carbonyl (C=O) groups excluding carboxylic acids is 2. The van der Waals surface area contributed by atoms with E-state index in [0.29, 0.717) is 54.4 Å². The maximum atomic E-state index is 12.9. The summed E-state index contributed by atoms with van der Waals surface area (Å²) in [5.74, 6) is 0.260. The molecule has 0 aliphatic rings. The first-order chi connectivity index (χ1) is 23.8. The average Bonchev–Trinajstić information content (AvgIpc) is 3.14. The van der Waals surface area contributed by atoms with Gasteiger partial charge in [-0.3, -0.25) is 4.99 Å². The Morgan fingerprint density at radius 3 is 2.08 bits per heavy atom. The number of rotatable bonds is 15. The van der Waals surface area contributed by atoms with Gasteiger partial charge in [-0.05, 0) is 105 Å². The highest BCUT2D eigenvalue weighted by Crippen LogP contribution is 2.29. The molecule has 0 unspecified atom stereocenters. The van der Waals surface area contributed by atoms with Crippen LogP contribution in [0.2, 0.25) is 0 Å². The summed E-state index contributed by atoms with van der Waals surface area (Å²) in [4.78, 5) is 28.4. The highest BCUT2D eigenvalue weighted by molar-refractivity contribution is 6.02. The molecular formula is C39H36N4O6. The van der Waals surface area contributed by atoms with Crippen LogP contribution in [0.3, 0.4) is 0 Å². The fourth-order valence-corrected chi connectivity index (χ4v) is 4.30. The van der Waals surface area contributed by atoms with E-state index in [-0.39, 0.29) is 5.75 Å². The average molecular weight is 657 g/mol. The van der Waals surface area contributed by atoms with Crippen molar-refractivity contribution in [3.8, 4) is 23.3 Å². The van der Waals surface area contributed by atoms with Crippen LogP contribution in [0, 0.1) is 11.3 Å². The molecule has 0 fully saturated rings. The summed E-state index contributed by atoms with van der Waals surface area (Å²) < 4.78 is 21.8. The summed E-state index contributed by atoms with van der Waals surface area (Å²) in [6, 6.07) is 28.8. The molecule has 0 aromatic heterocycles. The van der Waals surface area contributed by atoms with Crippen molar-refractivity contribution in [2.75, 3.05) is 20.3 Å². The molecule has 4 rings (SSSR count). The van der Waals surface area contributed by atoms with Crippen LogP contribution in [0.1, 0.15) is 59.3 Å². The van der Waals surface area contributed by atoms with Crippen molar-refractivity contribution in [3.05, 3.63) is 131 Å². The van der Waals surface area contributed by atoms with Gasteiger partial charge in [0.2, 0.25) is 0 Å². The first kappa shape index (κ1) is 35.5. The number of hydrogen-bond donors (Lipinski definition) is 0. The van der Waals surface area contributed by atoms with Crippen molar-refractivity contribution in [3.63, 3.8) is 0 Å². The third-order valence-corrected chi connectivity index (χ3v) is 7.13. The Kier molecular flexibility index (Phi) is 13.1. The highest BCUT2D eigenvalue weighted by atomic mass is 16.6. The molecule has 0 saturated carbocycles. The van der Waals surface area contributed by atoms with Crippen molar-refractivity contribution in [2.45, 2.75) is 26.7 Å². The number of carbonyl (C=O) groups is 2. The Labute approximate surface area is 285 Å². The monoisotopic (exact) mass is 656 g/mol. The molecule has 49 heavy (non-hydrogen) atoms. The van der Waals surface area contributed by atoms with Gasteiger partial charge in [0.15, 0.2) is 11.5 Å². The fourth-order valence-electron chi connectivity index (χ4n) is 4.30. The molecule has 248 valence electrons. The van der Waals surface area contributed by atoms with E-state index in [1.807, 2.05) is 50.2 Å². The summed E-state index contributed by atoms with van der Waals surface area (Å²) in [5.41, 5.74) is 5.67. The van der Waals surface area contributed by atoms with Crippen LogP contribution >= 0.6 is 0 Å². The van der Waals surface area contributed by atoms with Gasteiger partial charge < -0.3 is 18.9 Å². The van der Waals surface area contributed by atoms with E-state index < -0.39 is 11.9 Å². The molecule has 0 atom stereocenters. The van der Waals surface area contributed by atoms with Crippen molar-refractivity contribution in [1.29, 1.82) is 5.26 Å². The Hall–Kier alpha value is -6.34. The van der Waals surface area contributed by atoms with Crippen molar-refractivity contribution >= 4 is 35.3 Å².